The molecular formula is C19H21BrO. The Balaban J connectivity index is 1.89. The van der Waals surface area contributed by atoms with Gasteiger partial charge in [0.2, 0.25) is 0 Å². The van der Waals surface area contributed by atoms with Crippen molar-refractivity contribution in [2.45, 2.75) is 44.1 Å². The smallest absolute Gasteiger partial charge is 0.0885 e. The third-order valence-electron chi connectivity index (χ3n) is 4.59. The highest BCUT2D eigenvalue weighted by molar-refractivity contribution is 9.10. The van der Waals surface area contributed by atoms with Gasteiger partial charge in [-0.05, 0) is 61.3 Å². The Kier molecular flexibility index (Phi) is 4.19. The highest BCUT2D eigenvalue weighted by Gasteiger charge is 2.31. The van der Waals surface area contributed by atoms with Crippen LogP contribution in [0.4, 0.5) is 0 Å². The largest absolute Gasteiger partial charge is 0.385 e. The van der Waals surface area contributed by atoms with Crippen molar-refractivity contribution in [3.63, 3.8) is 0 Å². The molecule has 0 amide bonds. The van der Waals surface area contributed by atoms with Crippen LogP contribution in [0.5, 0.6) is 0 Å². The van der Waals surface area contributed by atoms with Gasteiger partial charge in [-0.15, -0.1) is 0 Å². The quantitative estimate of drug-likeness (QED) is 0.814. The Morgan fingerprint density at radius 1 is 1.14 bits per heavy atom. The van der Waals surface area contributed by atoms with Crippen LogP contribution in [0.3, 0.4) is 0 Å². The predicted molar refractivity (Wildman–Crippen MR) is 90.5 cm³/mol. The van der Waals surface area contributed by atoms with E-state index in [9.17, 15) is 5.11 Å². The summed E-state index contributed by atoms with van der Waals surface area (Å²) in [6, 6.07) is 16.7. The van der Waals surface area contributed by atoms with Gasteiger partial charge < -0.3 is 5.11 Å². The van der Waals surface area contributed by atoms with E-state index in [1.165, 1.54) is 24.0 Å². The summed E-state index contributed by atoms with van der Waals surface area (Å²) in [5, 5.41) is 11.0. The van der Waals surface area contributed by atoms with Crippen LogP contribution in [-0.2, 0) is 12.0 Å². The lowest BCUT2D eigenvalue weighted by atomic mass is 9.75. The molecule has 0 radical (unpaired) electrons. The number of hydrogen-bond acceptors (Lipinski definition) is 1. The van der Waals surface area contributed by atoms with E-state index in [1.807, 2.05) is 31.2 Å². The molecule has 21 heavy (non-hydrogen) atoms. The van der Waals surface area contributed by atoms with Crippen LogP contribution in [-0.4, -0.2) is 5.11 Å². The van der Waals surface area contributed by atoms with Crippen molar-refractivity contribution in [1.82, 2.24) is 0 Å². The molecule has 110 valence electrons. The topological polar surface area (TPSA) is 20.2 Å². The zero-order valence-electron chi connectivity index (χ0n) is 12.3. The molecule has 2 aromatic rings. The van der Waals surface area contributed by atoms with E-state index < -0.39 is 5.60 Å². The lowest BCUT2D eigenvalue weighted by Gasteiger charge is -2.33. The molecule has 2 unspecified atom stereocenters. The van der Waals surface area contributed by atoms with E-state index in [0.717, 1.165) is 22.9 Å². The summed E-state index contributed by atoms with van der Waals surface area (Å²) in [7, 11) is 0. The van der Waals surface area contributed by atoms with Crippen LogP contribution in [0.1, 0.15) is 48.8 Å². The van der Waals surface area contributed by atoms with Crippen molar-refractivity contribution >= 4 is 15.9 Å². The van der Waals surface area contributed by atoms with Gasteiger partial charge in [-0.3, -0.25) is 0 Å². The Bertz CT molecular complexity index is 633. The average Bonchev–Trinajstić information content (AvgIpc) is 2.47. The average molecular weight is 345 g/mol. The van der Waals surface area contributed by atoms with Crippen molar-refractivity contribution < 1.29 is 5.11 Å². The van der Waals surface area contributed by atoms with Gasteiger partial charge in [-0.25, -0.2) is 0 Å². The Hall–Kier alpha value is -1.12. The minimum Gasteiger partial charge on any atom is -0.385 e. The van der Waals surface area contributed by atoms with Gasteiger partial charge >= 0.3 is 0 Å². The molecular weight excluding hydrogens is 324 g/mol. The maximum atomic E-state index is 11.0. The van der Waals surface area contributed by atoms with Crippen LogP contribution in [0.25, 0.3) is 0 Å². The first-order chi connectivity index (χ1) is 10.1. The van der Waals surface area contributed by atoms with Gasteiger partial charge in [0, 0.05) is 4.47 Å². The van der Waals surface area contributed by atoms with Crippen molar-refractivity contribution in [3.8, 4) is 0 Å². The first-order valence-corrected chi connectivity index (χ1v) is 8.42. The number of benzene rings is 2. The minimum atomic E-state index is -0.810. The van der Waals surface area contributed by atoms with Crippen LogP contribution in [0.15, 0.2) is 53.0 Å². The molecule has 2 heteroatoms. The van der Waals surface area contributed by atoms with Gasteiger partial charge in [-0.2, -0.15) is 0 Å². The van der Waals surface area contributed by atoms with E-state index in [1.54, 1.807) is 0 Å². The molecule has 1 N–H and O–H groups in total. The van der Waals surface area contributed by atoms with Gasteiger partial charge in [0.1, 0.15) is 0 Å². The van der Waals surface area contributed by atoms with Crippen LogP contribution in [0.2, 0.25) is 0 Å². The first kappa shape index (κ1) is 14.8. The van der Waals surface area contributed by atoms with Gasteiger partial charge in [0.05, 0.1) is 5.60 Å². The summed E-state index contributed by atoms with van der Waals surface area (Å²) in [5.41, 5.74) is 3.05. The highest BCUT2D eigenvalue weighted by Crippen LogP contribution is 2.41. The van der Waals surface area contributed by atoms with Crippen LogP contribution >= 0.6 is 15.9 Å². The van der Waals surface area contributed by atoms with Crippen LogP contribution in [0, 0.1) is 0 Å². The number of fused-ring (bicyclic) bond motifs is 1. The number of aryl methyl sites for hydroxylation is 1. The second-order valence-electron chi connectivity index (χ2n) is 6.25. The standard InChI is InChI=1S/C19H21BrO/c1-19(21,17-11-4-5-12-18(17)20)13-15-9-6-8-14-7-2-3-10-16(14)15/h2-5,7,10-12,15,21H,6,8-9,13H2,1H3. The summed E-state index contributed by atoms with van der Waals surface area (Å²) in [4.78, 5) is 0. The van der Waals surface area contributed by atoms with Crippen molar-refractivity contribution in [2.75, 3.05) is 0 Å². The molecule has 0 fully saturated rings. The Morgan fingerprint density at radius 2 is 1.86 bits per heavy atom. The molecule has 0 saturated heterocycles. The summed E-state index contributed by atoms with van der Waals surface area (Å²) in [6.07, 6.45) is 4.32. The molecule has 1 aliphatic carbocycles. The number of rotatable bonds is 3. The van der Waals surface area contributed by atoms with Crippen molar-refractivity contribution in [1.29, 1.82) is 0 Å². The fraction of sp³-hybridized carbons (Fsp3) is 0.368. The van der Waals surface area contributed by atoms with Crippen LogP contribution < -0.4 is 0 Å². The molecule has 3 rings (SSSR count). The SMILES string of the molecule is CC(O)(CC1CCCc2ccccc21)c1ccccc1Br. The Morgan fingerprint density at radius 3 is 2.67 bits per heavy atom. The first-order valence-electron chi connectivity index (χ1n) is 7.63. The monoisotopic (exact) mass is 344 g/mol. The fourth-order valence-electron chi connectivity index (χ4n) is 3.55. The van der Waals surface area contributed by atoms with E-state index in [2.05, 4.69) is 40.2 Å². The zero-order chi connectivity index (χ0) is 14.9. The lowest BCUT2D eigenvalue weighted by Crippen LogP contribution is -2.26. The van der Waals surface area contributed by atoms with E-state index in [-0.39, 0.29) is 0 Å². The van der Waals surface area contributed by atoms with E-state index >= 15 is 0 Å². The second-order valence-corrected chi connectivity index (χ2v) is 7.10. The number of halogens is 1. The molecule has 2 atom stereocenters. The summed E-state index contributed by atoms with van der Waals surface area (Å²) >= 11 is 3.57. The normalized spacial score (nSPS) is 20.6. The van der Waals surface area contributed by atoms with Gasteiger partial charge in [-0.1, -0.05) is 58.4 Å². The lowest BCUT2D eigenvalue weighted by molar-refractivity contribution is 0.0373. The van der Waals surface area contributed by atoms with Gasteiger partial charge in [0.15, 0.2) is 0 Å². The highest BCUT2D eigenvalue weighted by atomic mass is 79.9. The number of aliphatic hydroxyl groups is 1. The molecule has 0 heterocycles. The van der Waals surface area contributed by atoms with E-state index in [0.29, 0.717) is 5.92 Å². The van der Waals surface area contributed by atoms with Gasteiger partial charge in [0.25, 0.3) is 0 Å². The molecule has 0 aromatic heterocycles. The third kappa shape index (κ3) is 3.07. The molecule has 0 bridgehead atoms. The Labute approximate surface area is 135 Å². The predicted octanol–water partition coefficient (Wildman–Crippen LogP) is 5.17. The molecule has 0 saturated carbocycles. The van der Waals surface area contributed by atoms with Crippen molar-refractivity contribution in [3.05, 3.63) is 69.7 Å². The molecule has 2 aromatic carbocycles. The maximum Gasteiger partial charge on any atom is 0.0885 e. The van der Waals surface area contributed by atoms with E-state index in [4.69, 9.17) is 0 Å². The molecule has 0 aliphatic heterocycles. The molecule has 0 spiro atoms. The second kappa shape index (κ2) is 5.94. The number of hydrogen-bond donors (Lipinski definition) is 1. The minimum absolute atomic E-state index is 0.442. The fourth-order valence-corrected chi connectivity index (χ4v) is 4.27. The summed E-state index contributed by atoms with van der Waals surface area (Å²) in [6.45, 7) is 1.93. The molecule has 1 nitrogen and oxygen atoms in total. The summed E-state index contributed by atoms with van der Waals surface area (Å²) in [5.74, 6) is 0.442. The van der Waals surface area contributed by atoms with Crippen molar-refractivity contribution in [2.24, 2.45) is 0 Å². The molecule has 1 aliphatic rings. The zero-order valence-corrected chi connectivity index (χ0v) is 13.9. The summed E-state index contributed by atoms with van der Waals surface area (Å²) < 4.78 is 0.985. The maximum absolute atomic E-state index is 11.0. The third-order valence-corrected chi connectivity index (χ3v) is 5.28.